The van der Waals surface area contributed by atoms with Crippen LogP contribution in [0.4, 0.5) is 4.39 Å². The molecule has 0 radical (unpaired) electrons. The van der Waals surface area contributed by atoms with Gasteiger partial charge in [-0.15, -0.1) is 11.3 Å². The van der Waals surface area contributed by atoms with Crippen LogP contribution in [0.1, 0.15) is 5.56 Å². The van der Waals surface area contributed by atoms with E-state index in [1.54, 1.807) is 23.6 Å². The van der Waals surface area contributed by atoms with E-state index in [-0.39, 0.29) is 11.4 Å². The van der Waals surface area contributed by atoms with Crippen LogP contribution < -0.4 is 4.72 Å². The van der Waals surface area contributed by atoms with Crippen LogP contribution in [0, 0.1) is 5.82 Å². The number of rotatable bonds is 5. The second-order valence-corrected chi connectivity index (χ2v) is 7.52. The van der Waals surface area contributed by atoms with Crippen molar-refractivity contribution in [2.45, 2.75) is 11.4 Å². The lowest BCUT2D eigenvalue weighted by atomic mass is 10.2. The summed E-state index contributed by atoms with van der Waals surface area (Å²) < 4.78 is 39.8. The molecule has 0 spiro atoms. The van der Waals surface area contributed by atoms with Crippen LogP contribution in [-0.2, 0) is 16.6 Å². The smallest absolute Gasteiger partial charge is 0.240 e. The minimum Gasteiger partial charge on any atom is -0.255 e. The second kappa shape index (κ2) is 6.57. The number of nitrogens with zero attached hydrogens (tertiary/aromatic N) is 1. The molecule has 0 bridgehead atoms. The average Bonchev–Trinajstić information content (AvgIpc) is 3.08. The Bertz CT molecular complexity index is 892. The molecule has 0 aliphatic heterocycles. The van der Waals surface area contributed by atoms with E-state index in [9.17, 15) is 12.8 Å². The molecule has 0 saturated heterocycles. The van der Waals surface area contributed by atoms with Gasteiger partial charge in [0.1, 0.15) is 5.82 Å². The quantitative estimate of drug-likeness (QED) is 0.768. The van der Waals surface area contributed by atoms with Gasteiger partial charge in [-0.3, -0.25) is 4.98 Å². The number of sulfonamides is 1. The zero-order valence-corrected chi connectivity index (χ0v) is 13.6. The third-order valence-electron chi connectivity index (χ3n) is 3.19. The van der Waals surface area contributed by atoms with E-state index in [1.807, 2.05) is 23.6 Å². The molecule has 1 aromatic carbocycles. The van der Waals surface area contributed by atoms with E-state index in [1.165, 1.54) is 12.1 Å². The lowest BCUT2D eigenvalue weighted by molar-refractivity contribution is 0.580. The lowest BCUT2D eigenvalue weighted by Crippen LogP contribution is -2.23. The van der Waals surface area contributed by atoms with Gasteiger partial charge in [0.05, 0.1) is 15.5 Å². The Balaban J connectivity index is 1.75. The summed E-state index contributed by atoms with van der Waals surface area (Å²) in [6, 6.07) is 12.2. The molecule has 2 aromatic heterocycles. The van der Waals surface area contributed by atoms with E-state index in [0.29, 0.717) is 0 Å². The van der Waals surface area contributed by atoms with E-state index in [4.69, 9.17) is 0 Å². The molecule has 0 aliphatic carbocycles. The van der Waals surface area contributed by atoms with Gasteiger partial charge in [0.25, 0.3) is 0 Å². The van der Waals surface area contributed by atoms with Crippen molar-refractivity contribution in [1.29, 1.82) is 0 Å². The number of benzene rings is 1. The fourth-order valence-corrected chi connectivity index (χ4v) is 3.73. The average molecular weight is 348 g/mol. The molecule has 0 unspecified atom stereocenters. The van der Waals surface area contributed by atoms with Crippen LogP contribution in [0.25, 0.3) is 10.6 Å². The van der Waals surface area contributed by atoms with Crippen LogP contribution in [0.3, 0.4) is 0 Å². The minimum absolute atomic E-state index is 0.0337. The highest BCUT2D eigenvalue weighted by Gasteiger charge is 2.13. The highest BCUT2D eigenvalue weighted by Crippen LogP contribution is 2.23. The van der Waals surface area contributed by atoms with E-state index in [0.717, 1.165) is 28.3 Å². The summed E-state index contributed by atoms with van der Waals surface area (Å²) in [5.74, 6) is -0.473. The number of hydrogen-bond acceptors (Lipinski definition) is 4. The summed E-state index contributed by atoms with van der Waals surface area (Å²) in [5, 5.41) is 1.96. The Kier molecular flexibility index (Phi) is 4.51. The minimum atomic E-state index is -3.68. The van der Waals surface area contributed by atoms with Crippen LogP contribution in [0.15, 0.2) is 65.0 Å². The third kappa shape index (κ3) is 3.82. The molecule has 0 saturated carbocycles. The number of thiophene rings is 1. The second-order valence-electron chi connectivity index (χ2n) is 4.81. The third-order valence-corrected chi connectivity index (χ3v) is 5.50. The van der Waals surface area contributed by atoms with Crippen molar-refractivity contribution in [3.63, 3.8) is 0 Å². The Labute approximate surface area is 137 Å². The first-order chi connectivity index (χ1) is 11.0. The summed E-state index contributed by atoms with van der Waals surface area (Å²) >= 11 is 1.57. The fourth-order valence-electron chi connectivity index (χ4n) is 2.02. The molecule has 3 rings (SSSR count). The van der Waals surface area contributed by atoms with E-state index < -0.39 is 15.8 Å². The maximum Gasteiger partial charge on any atom is 0.240 e. The van der Waals surface area contributed by atoms with Gasteiger partial charge in [-0.05, 0) is 53.4 Å². The maximum atomic E-state index is 12.9. The SMILES string of the molecule is O=S(=O)(NCc1ccnc(-c2cccs2)c1)c1ccc(F)cc1. The highest BCUT2D eigenvalue weighted by molar-refractivity contribution is 7.89. The molecule has 0 atom stereocenters. The summed E-state index contributed by atoms with van der Waals surface area (Å²) in [4.78, 5) is 5.34. The van der Waals surface area contributed by atoms with Crippen molar-refractivity contribution in [3.05, 3.63) is 71.5 Å². The van der Waals surface area contributed by atoms with Gasteiger partial charge in [-0.1, -0.05) is 6.07 Å². The number of halogens is 1. The van der Waals surface area contributed by atoms with Crippen molar-refractivity contribution in [3.8, 4) is 10.6 Å². The van der Waals surface area contributed by atoms with Gasteiger partial charge >= 0.3 is 0 Å². The van der Waals surface area contributed by atoms with Crippen LogP contribution >= 0.6 is 11.3 Å². The van der Waals surface area contributed by atoms with Crippen LogP contribution in [-0.4, -0.2) is 13.4 Å². The zero-order valence-electron chi connectivity index (χ0n) is 11.9. The lowest BCUT2D eigenvalue weighted by Gasteiger charge is -2.07. The number of pyridine rings is 1. The predicted octanol–water partition coefficient (Wildman–Crippen LogP) is 3.43. The topological polar surface area (TPSA) is 59.1 Å². The first-order valence-electron chi connectivity index (χ1n) is 6.79. The molecule has 1 N–H and O–H groups in total. The summed E-state index contributed by atoms with van der Waals surface area (Å²) in [6.45, 7) is 0.139. The molecule has 3 aromatic rings. The van der Waals surface area contributed by atoms with Gasteiger partial charge in [0.15, 0.2) is 0 Å². The molecular weight excluding hydrogens is 335 g/mol. The maximum absolute atomic E-state index is 12.9. The summed E-state index contributed by atoms with van der Waals surface area (Å²) in [6.07, 6.45) is 1.65. The number of nitrogens with one attached hydrogen (secondary N) is 1. The fraction of sp³-hybridized carbons (Fsp3) is 0.0625. The van der Waals surface area contributed by atoms with Crippen molar-refractivity contribution in [2.24, 2.45) is 0 Å². The molecule has 7 heteroatoms. The summed E-state index contributed by atoms with van der Waals surface area (Å²) in [5.41, 5.74) is 1.60. The van der Waals surface area contributed by atoms with E-state index in [2.05, 4.69) is 9.71 Å². The Hall–Kier alpha value is -2.09. The number of hydrogen-bond donors (Lipinski definition) is 1. The van der Waals surface area contributed by atoms with Gasteiger partial charge in [0, 0.05) is 12.7 Å². The standard InChI is InChI=1S/C16H13FN2O2S2/c17-13-3-5-14(6-4-13)23(20,21)19-11-12-7-8-18-15(10-12)16-2-1-9-22-16/h1-10,19H,11H2. The largest absolute Gasteiger partial charge is 0.255 e. The monoisotopic (exact) mass is 348 g/mol. The first kappa shape index (κ1) is 15.8. The highest BCUT2D eigenvalue weighted by atomic mass is 32.2. The Morgan fingerprint density at radius 3 is 2.61 bits per heavy atom. The Morgan fingerprint density at radius 2 is 1.91 bits per heavy atom. The predicted molar refractivity (Wildman–Crippen MR) is 88.0 cm³/mol. The molecule has 0 fully saturated rings. The van der Waals surface area contributed by atoms with Gasteiger partial charge in [-0.2, -0.15) is 0 Å². The van der Waals surface area contributed by atoms with Crippen molar-refractivity contribution >= 4 is 21.4 Å². The van der Waals surface area contributed by atoms with Crippen molar-refractivity contribution < 1.29 is 12.8 Å². The molecule has 23 heavy (non-hydrogen) atoms. The molecule has 2 heterocycles. The molecular formula is C16H13FN2O2S2. The zero-order chi connectivity index (χ0) is 16.3. The Morgan fingerprint density at radius 1 is 1.13 bits per heavy atom. The molecule has 0 amide bonds. The van der Waals surface area contributed by atoms with Crippen molar-refractivity contribution in [1.82, 2.24) is 9.71 Å². The molecule has 118 valence electrons. The summed E-state index contributed by atoms with van der Waals surface area (Å²) in [7, 11) is -3.68. The van der Waals surface area contributed by atoms with Crippen LogP contribution in [0.2, 0.25) is 0 Å². The first-order valence-corrected chi connectivity index (χ1v) is 9.15. The van der Waals surface area contributed by atoms with Gasteiger partial charge in [0.2, 0.25) is 10.0 Å². The van der Waals surface area contributed by atoms with E-state index >= 15 is 0 Å². The van der Waals surface area contributed by atoms with Crippen molar-refractivity contribution in [2.75, 3.05) is 0 Å². The number of aromatic nitrogens is 1. The van der Waals surface area contributed by atoms with Crippen LogP contribution in [0.5, 0.6) is 0 Å². The van der Waals surface area contributed by atoms with Gasteiger partial charge in [-0.25, -0.2) is 17.5 Å². The van der Waals surface area contributed by atoms with Gasteiger partial charge < -0.3 is 0 Å². The molecule has 4 nitrogen and oxygen atoms in total. The normalized spacial score (nSPS) is 11.5. The molecule has 0 aliphatic rings.